The zero-order valence-corrected chi connectivity index (χ0v) is 10.9. The van der Waals surface area contributed by atoms with Crippen molar-refractivity contribution in [3.05, 3.63) is 15.8 Å². The highest BCUT2D eigenvalue weighted by atomic mass is 32.2. The molecule has 92 valence electrons. The van der Waals surface area contributed by atoms with Gasteiger partial charge in [-0.1, -0.05) is 5.92 Å². The lowest BCUT2D eigenvalue weighted by molar-refractivity contribution is 0.0698. The Morgan fingerprint density at radius 2 is 2.24 bits per heavy atom. The minimum absolute atomic E-state index is 0.0345. The molecule has 0 radical (unpaired) electrons. The summed E-state index contributed by atoms with van der Waals surface area (Å²) in [6.45, 7) is 3.11. The molecule has 1 rings (SSSR count). The van der Waals surface area contributed by atoms with E-state index in [0.29, 0.717) is 5.56 Å². The highest BCUT2D eigenvalue weighted by Crippen LogP contribution is 2.26. The second kappa shape index (κ2) is 5.31. The van der Waals surface area contributed by atoms with Gasteiger partial charge >= 0.3 is 5.97 Å². The molecular formula is C10H11NO4S2. The average Bonchev–Trinajstić information content (AvgIpc) is 2.61. The van der Waals surface area contributed by atoms with E-state index in [4.69, 9.17) is 5.11 Å². The SMILES string of the molecule is CC#CCNS(=O)(=O)c1c(C)csc1C(=O)O. The van der Waals surface area contributed by atoms with Gasteiger partial charge in [-0.3, -0.25) is 0 Å². The van der Waals surface area contributed by atoms with Gasteiger partial charge in [0.1, 0.15) is 9.77 Å². The zero-order valence-electron chi connectivity index (χ0n) is 9.27. The maximum absolute atomic E-state index is 11.9. The van der Waals surface area contributed by atoms with Crippen molar-refractivity contribution in [1.29, 1.82) is 0 Å². The molecule has 1 heterocycles. The Morgan fingerprint density at radius 1 is 1.59 bits per heavy atom. The fourth-order valence-electron chi connectivity index (χ4n) is 1.21. The lowest BCUT2D eigenvalue weighted by Gasteiger charge is -2.04. The average molecular weight is 273 g/mol. The number of aryl methyl sites for hydroxylation is 1. The van der Waals surface area contributed by atoms with Crippen LogP contribution in [0.3, 0.4) is 0 Å². The number of carboxylic acid groups (broad SMARTS) is 1. The largest absolute Gasteiger partial charge is 0.477 e. The number of carboxylic acids is 1. The first-order chi connectivity index (χ1) is 7.90. The molecular weight excluding hydrogens is 262 g/mol. The number of hydrogen-bond acceptors (Lipinski definition) is 4. The number of hydrogen-bond donors (Lipinski definition) is 2. The van der Waals surface area contributed by atoms with Crippen LogP contribution in [0.2, 0.25) is 0 Å². The number of nitrogens with one attached hydrogen (secondary N) is 1. The van der Waals surface area contributed by atoms with Gasteiger partial charge in [0.05, 0.1) is 6.54 Å². The normalized spacial score (nSPS) is 10.7. The van der Waals surface area contributed by atoms with Gasteiger partial charge in [-0.05, 0) is 24.8 Å². The van der Waals surface area contributed by atoms with Crippen molar-refractivity contribution in [3.63, 3.8) is 0 Å². The summed E-state index contributed by atoms with van der Waals surface area (Å²) in [5, 5.41) is 10.4. The van der Waals surface area contributed by atoms with Crippen molar-refractivity contribution >= 4 is 27.3 Å². The van der Waals surface area contributed by atoms with Gasteiger partial charge in [-0.25, -0.2) is 13.2 Å². The lowest BCUT2D eigenvalue weighted by Crippen LogP contribution is -2.25. The molecule has 0 bridgehead atoms. The van der Waals surface area contributed by atoms with Crippen LogP contribution < -0.4 is 4.72 Å². The van der Waals surface area contributed by atoms with E-state index in [0.717, 1.165) is 11.3 Å². The first-order valence-electron chi connectivity index (χ1n) is 4.60. The molecule has 0 saturated heterocycles. The Balaban J connectivity index is 3.17. The molecule has 1 aromatic heterocycles. The van der Waals surface area contributed by atoms with Crippen LogP contribution in [0, 0.1) is 18.8 Å². The second-order valence-corrected chi connectivity index (χ2v) is 5.72. The minimum Gasteiger partial charge on any atom is -0.477 e. The fourth-order valence-corrected chi connectivity index (χ4v) is 3.76. The van der Waals surface area contributed by atoms with Gasteiger partial charge in [0.25, 0.3) is 0 Å². The molecule has 2 N–H and O–H groups in total. The highest BCUT2D eigenvalue weighted by molar-refractivity contribution is 7.89. The monoisotopic (exact) mass is 273 g/mol. The summed E-state index contributed by atoms with van der Waals surface area (Å²) in [5.74, 6) is 3.85. The van der Waals surface area contributed by atoms with Crippen molar-refractivity contribution in [2.45, 2.75) is 18.7 Å². The van der Waals surface area contributed by atoms with Crippen molar-refractivity contribution in [1.82, 2.24) is 4.72 Å². The van der Waals surface area contributed by atoms with Crippen LogP contribution in [0.1, 0.15) is 22.2 Å². The van der Waals surface area contributed by atoms with E-state index in [1.165, 1.54) is 5.38 Å². The molecule has 0 amide bonds. The van der Waals surface area contributed by atoms with Crippen LogP contribution >= 0.6 is 11.3 Å². The first-order valence-corrected chi connectivity index (χ1v) is 6.97. The van der Waals surface area contributed by atoms with E-state index in [-0.39, 0.29) is 16.3 Å². The molecule has 0 aliphatic heterocycles. The summed E-state index contributed by atoms with van der Waals surface area (Å²) < 4.78 is 26.0. The van der Waals surface area contributed by atoms with Gasteiger partial charge in [0, 0.05) is 0 Å². The summed E-state index contributed by atoms with van der Waals surface area (Å²) in [7, 11) is -3.82. The Bertz CT molecular complexity index is 590. The minimum atomic E-state index is -3.82. The maximum Gasteiger partial charge on any atom is 0.347 e. The summed E-state index contributed by atoms with van der Waals surface area (Å²) in [5.41, 5.74) is 0.421. The quantitative estimate of drug-likeness (QED) is 0.803. The molecule has 5 nitrogen and oxygen atoms in total. The van der Waals surface area contributed by atoms with Crippen molar-refractivity contribution < 1.29 is 18.3 Å². The van der Waals surface area contributed by atoms with E-state index in [1.807, 2.05) is 0 Å². The first kappa shape index (κ1) is 13.7. The van der Waals surface area contributed by atoms with Gasteiger partial charge in [-0.15, -0.1) is 17.3 Å². The van der Waals surface area contributed by atoms with Crippen LogP contribution in [-0.4, -0.2) is 26.0 Å². The van der Waals surface area contributed by atoms with E-state index in [2.05, 4.69) is 16.6 Å². The van der Waals surface area contributed by atoms with Gasteiger partial charge < -0.3 is 5.11 Å². The summed E-state index contributed by atoms with van der Waals surface area (Å²) in [6, 6.07) is 0. The Hall–Kier alpha value is -1.36. The molecule has 7 heteroatoms. The number of rotatable bonds is 4. The topological polar surface area (TPSA) is 83.5 Å². The van der Waals surface area contributed by atoms with Crippen LogP contribution in [0.5, 0.6) is 0 Å². The van der Waals surface area contributed by atoms with E-state index >= 15 is 0 Å². The predicted molar refractivity (Wildman–Crippen MR) is 64.7 cm³/mol. The van der Waals surface area contributed by atoms with E-state index < -0.39 is 16.0 Å². The Morgan fingerprint density at radius 3 is 2.76 bits per heavy atom. The number of carbonyl (C=O) groups is 1. The molecule has 0 saturated carbocycles. The zero-order chi connectivity index (χ0) is 13.1. The number of aromatic carboxylic acids is 1. The van der Waals surface area contributed by atoms with Crippen LogP contribution in [0.15, 0.2) is 10.3 Å². The number of sulfonamides is 1. The molecule has 0 aliphatic rings. The molecule has 17 heavy (non-hydrogen) atoms. The highest BCUT2D eigenvalue weighted by Gasteiger charge is 2.26. The van der Waals surface area contributed by atoms with Crippen molar-refractivity contribution in [2.24, 2.45) is 0 Å². The molecule has 0 unspecified atom stereocenters. The van der Waals surface area contributed by atoms with Gasteiger partial charge in [0.15, 0.2) is 0 Å². The van der Waals surface area contributed by atoms with Crippen LogP contribution in [-0.2, 0) is 10.0 Å². The van der Waals surface area contributed by atoms with Crippen LogP contribution in [0.25, 0.3) is 0 Å². The Labute approximate surface area is 104 Å². The summed E-state index contributed by atoms with van der Waals surface area (Å²) >= 11 is 0.896. The third-order valence-corrected chi connectivity index (χ3v) is 4.71. The second-order valence-electron chi connectivity index (χ2n) is 3.13. The van der Waals surface area contributed by atoms with E-state index in [1.54, 1.807) is 13.8 Å². The van der Waals surface area contributed by atoms with Gasteiger partial charge in [-0.2, -0.15) is 4.72 Å². The molecule has 0 atom stereocenters. The maximum atomic E-state index is 11.9. The molecule has 0 aromatic carbocycles. The standard InChI is InChI=1S/C10H11NO4S2/c1-3-4-5-11-17(14,15)9-7(2)6-16-8(9)10(12)13/h6,11H,5H2,1-2H3,(H,12,13). The van der Waals surface area contributed by atoms with Crippen molar-refractivity contribution in [3.8, 4) is 11.8 Å². The Kier molecular flexibility index (Phi) is 4.28. The van der Waals surface area contributed by atoms with Crippen LogP contribution in [0.4, 0.5) is 0 Å². The number of thiophene rings is 1. The third kappa shape index (κ3) is 3.06. The third-order valence-electron chi connectivity index (χ3n) is 1.91. The molecule has 0 fully saturated rings. The lowest BCUT2D eigenvalue weighted by atomic mass is 10.3. The molecule has 0 spiro atoms. The fraction of sp³-hybridized carbons (Fsp3) is 0.300. The molecule has 0 aliphatic carbocycles. The van der Waals surface area contributed by atoms with E-state index in [9.17, 15) is 13.2 Å². The molecule has 1 aromatic rings. The summed E-state index contributed by atoms with van der Waals surface area (Å²) in [4.78, 5) is 10.5. The van der Waals surface area contributed by atoms with Gasteiger partial charge in [0.2, 0.25) is 10.0 Å². The predicted octanol–water partition coefficient (Wildman–Crippen LogP) is 1.06. The smallest absolute Gasteiger partial charge is 0.347 e. The summed E-state index contributed by atoms with van der Waals surface area (Å²) in [6.07, 6.45) is 0. The van der Waals surface area contributed by atoms with Crippen molar-refractivity contribution in [2.75, 3.05) is 6.54 Å².